The SMILES string of the molecule is COCCOc1ccc(-c2ccc(S(=O)(=O)C(N)(CC#CCc3ccccc3)C(=O)O)cc2)cc1. The molecular weight excluding hydrogens is 466 g/mol. The molecule has 3 aromatic rings. The fraction of sp³-hybridized carbons (Fsp3) is 0.222. The van der Waals surface area contributed by atoms with E-state index in [1.54, 1.807) is 31.4 Å². The van der Waals surface area contributed by atoms with Crippen molar-refractivity contribution >= 4 is 15.8 Å². The number of carbonyl (C=O) groups is 1. The second kappa shape index (κ2) is 11.7. The molecule has 7 nitrogen and oxygen atoms in total. The van der Waals surface area contributed by atoms with Crippen LogP contribution in [0.25, 0.3) is 11.1 Å². The van der Waals surface area contributed by atoms with Gasteiger partial charge >= 0.3 is 5.97 Å². The van der Waals surface area contributed by atoms with Crippen molar-refractivity contribution in [2.45, 2.75) is 22.6 Å². The van der Waals surface area contributed by atoms with Gasteiger partial charge in [-0.1, -0.05) is 66.4 Å². The van der Waals surface area contributed by atoms with Gasteiger partial charge in [-0.05, 0) is 41.0 Å². The molecular formula is C27H27NO6S. The van der Waals surface area contributed by atoms with E-state index in [0.717, 1.165) is 16.7 Å². The Morgan fingerprint density at radius 1 is 0.914 bits per heavy atom. The van der Waals surface area contributed by atoms with Gasteiger partial charge in [0.05, 0.1) is 17.9 Å². The number of hydrogen-bond donors (Lipinski definition) is 2. The molecule has 0 radical (unpaired) electrons. The van der Waals surface area contributed by atoms with Gasteiger partial charge in [-0.25, -0.2) is 13.2 Å². The summed E-state index contributed by atoms with van der Waals surface area (Å²) in [5.74, 6) is 4.48. The lowest BCUT2D eigenvalue weighted by Gasteiger charge is -2.22. The van der Waals surface area contributed by atoms with E-state index >= 15 is 0 Å². The fourth-order valence-electron chi connectivity index (χ4n) is 3.26. The summed E-state index contributed by atoms with van der Waals surface area (Å²) < 4.78 is 36.8. The van der Waals surface area contributed by atoms with Crippen molar-refractivity contribution in [3.05, 3.63) is 84.4 Å². The summed E-state index contributed by atoms with van der Waals surface area (Å²) in [6.45, 7) is 0.915. The Kier molecular flexibility index (Phi) is 8.66. The summed E-state index contributed by atoms with van der Waals surface area (Å²) in [7, 11) is -2.82. The minimum absolute atomic E-state index is 0.185. The zero-order valence-corrected chi connectivity index (χ0v) is 20.1. The summed E-state index contributed by atoms with van der Waals surface area (Å²) in [6.07, 6.45) is -0.175. The highest BCUT2D eigenvalue weighted by Crippen LogP contribution is 2.28. The lowest BCUT2D eigenvalue weighted by molar-refractivity contribution is -0.139. The average Bonchev–Trinajstić information content (AvgIpc) is 2.87. The second-order valence-corrected chi connectivity index (χ2v) is 9.99. The molecule has 3 aromatic carbocycles. The maximum absolute atomic E-state index is 13.2. The molecule has 0 bridgehead atoms. The van der Waals surface area contributed by atoms with Crippen LogP contribution < -0.4 is 10.5 Å². The topological polar surface area (TPSA) is 116 Å². The zero-order chi connectivity index (χ0) is 25.3. The van der Waals surface area contributed by atoms with E-state index in [-0.39, 0.29) is 4.90 Å². The number of carboxylic acids is 1. The van der Waals surface area contributed by atoms with Crippen molar-refractivity contribution < 1.29 is 27.8 Å². The van der Waals surface area contributed by atoms with Crippen LogP contribution in [0.1, 0.15) is 12.0 Å². The molecule has 3 rings (SSSR count). The van der Waals surface area contributed by atoms with E-state index in [1.165, 1.54) is 12.1 Å². The molecule has 182 valence electrons. The van der Waals surface area contributed by atoms with Gasteiger partial charge < -0.3 is 20.3 Å². The normalized spacial score (nSPS) is 12.7. The van der Waals surface area contributed by atoms with Crippen molar-refractivity contribution in [2.75, 3.05) is 20.3 Å². The van der Waals surface area contributed by atoms with E-state index in [4.69, 9.17) is 15.2 Å². The smallest absolute Gasteiger partial charge is 0.340 e. The summed E-state index contributed by atoms with van der Waals surface area (Å²) >= 11 is 0. The standard InChI is InChI=1S/C27H27NO6S/c1-33-19-20-34-24-14-10-22(11-15-24)23-12-16-25(17-13-23)35(31,32)27(28,26(29)30)18-6-5-9-21-7-3-2-4-8-21/h2-4,7-8,10-17H,9,18-20,28H2,1H3,(H,29,30). The molecule has 35 heavy (non-hydrogen) atoms. The van der Waals surface area contributed by atoms with E-state index < -0.39 is 27.1 Å². The number of sulfone groups is 1. The first kappa shape index (κ1) is 26.0. The first-order chi connectivity index (χ1) is 16.8. The highest BCUT2D eigenvalue weighted by molar-refractivity contribution is 7.93. The molecule has 0 saturated carbocycles. The van der Waals surface area contributed by atoms with Crippen LogP contribution in [-0.2, 0) is 25.8 Å². The molecule has 1 unspecified atom stereocenters. The van der Waals surface area contributed by atoms with Gasteiger partial charge in [-0.3, -0.25) is 0 Å². The Morgan fingerprint density at radius 2 is 1.51 bits per heavy atom. The van der Waals surface area contributed by atoms with E-state index in [0.29, 0.717) is 25.4 Å². The first-order valence-electron chi connectivity index (χ1n) is 10.9. The third-order valence-corrected chi connectivity index (χ3v) is 7.53. The maximum Gasteiger partial charge on any atom is 0.340 e. The van der Waals surface area contributed by atoms with Gasteiger partial charge in [0.2, 0.25) is 14.7 Å². The van der Waals surface area contributed by atoms with Crippen LogP contribution in [0.2, 0.25) is 0 Å². The number of ether oxygens (including phenoxy) is 2. The molecule has 3 N–H and O–H groups in total. The average molecular weight is 494 g/mol. The van der Waals surface area contributed by atoms with Gasteiger partial charge in [0.15, 0.2) is 0 Å². The lowest BCUT2D eigenvalue weighted by Crippen LogP contribution is -2.54. The van der Waals surface area contributed by atoms with Crippen LogP contribution in [0.4, 0.5) is 0 Å². The Morgan fingerprint density at radius 3 is 2.09 bits per heavy atom. The summed E-state index contributed by atoms with van der Waals surface area (Å²) in [6, 6.07) is 22.6. The lowest BCUT2D eigenvalue weighted by atomic mass is 10.1. The van der Waals surface area contributed by atoms with Crippen molar-refractivity contribution in [1.82, 2.24) is 0 Å². The van der Waals surface area contributed by atoms with Crippen LogP contribution in [-0.4, -0.2) is 44.7 Å². The summed E-state index contributed by atoms with van der Waals surface area (Å²) in [5, 5.41) is 9.69. The van der Waals surface area contributed by atoms with E-state index in [1.807, 2.05) is 42.5 Å². The number of methoxy groups -OCH3 is 1. The van der Waals surface area contributed by atoms with Crippen LogP contribution in [0.15, 0.2) is 83.8 Å². The van der Waals surface area contributed by atoms with E-state index in [2.05, 4.69) is 11.8 Å². The summed E-state index contributed by atoms with van der Waals surface area (Å²) in [4.78, 5) is 9.17. The Labute approximate surface area is 205 Å². The Hall–Kier alpha value is -3.64. The molecule has 0 spiro atoms. The number of aliphatic carboxylic acids is 1. The molecule has 0 aliphatic carbocycles. The number of rotatable bonds is 10. The molecule has 1 atom stereocenters. The highest BCUT2D eigenvalue weighted by atomic mass is 32.2. The monoisotopic (exact) mass is 493 g/mol. The molecule has 0 saturated heterocycles. The predicted molar refractivity (Wildman–Crippen MR) is 134 cm³/mol. The minimum atomic E-state index is -4.42. The quantitative estimate of drug-likeness (QED) is 0.328. The highest BCUT2D eigenvalue weighted by Gasteiger charge is 2.48. The molecule has 0 heterocycles. The van der Waals surface area contributed by atoms with Crippen molar-refractivity contribution in [2.24, 2.45) is 5.73 Å². The number of nitrogens with two attached hydrogens (primary N) is 1. The van der Waals surface area contributed by atoms with Crippen molar-refractivity contribution in [3.63, 3.8) is 0 Å². The van der Waals surface area contributed by atoms with Crippen LogP contribution in [0.5, 0.6) is 5.75 Å². The van der Waals surface area contributed by atoms with Gasteiger partial charge in [-0.2, -0.15) is 0 Å². The third-order valence-electron chi connectivity index (χ3n) is 5.36. The van der Waals surface area contributed by atoms with Gasteiger partial charge in [-0.15, -0.1) is 0 Å². The second-order valence-electron chi connectivity index (χ2n) is 7.78. The molecule has 0 aliphatic rings. The van der Waals surface area contributed by atoms with Gasteiger partial charge in [0.25, 0.3) is 0 Å². The Bertz CT molecular complexity index is 1290. The number of benzene rings is 3. The third kappa shape index (κ3) is 6.28. The van der Waals surface area contributed by atoms with Crippen molar-refractivity contribution in [1.29, 1.82) is 0 Å². The number of carboxylic acid groups (broad SMARTS) is 1. The van der Waals surface area contributed by atoms with Crippen molar-refractivity contribution in [3.8, 4) is 28.7 Å². The predicted octanol–water partition coefficient (Wildman–Crippen LogP) is 3.53. The zero-order valence-electron chi connectivity index (χ0n) is 19.3. The molecule has 8 heteroatoms. The van der Waals surface area contributed by atoms with Crippen LogP contribution in [0, 0.1) is 11.8 Å². The molecule has 0 aliphatic heterocycles. The van der Waals surface area contributed by atoms with Gasteiger partial charge in [0, 0.05) is 13.5 Å². The molecule has 0 fully saturated rings. The molecule has 0 amide bonds. The fourth-order valence-corrected chi connectivity index (χ4v) is 4.67. The van der Waals surface area contributed by atoms with Gasteiger partial charge in [0.1, 0.15) is 12.4 Å². The van der Waals surface area contributed by atoms with Crippen LogP contribution >= 0.6 is 0 Å². The first-order valence-corrected chi connectivity index (χ1v) is 12.3. The number of hydrogen-bond acceptors (Lipinski definition) is 6. The summed E-state index contributed by atoms with van der Waals surface area (Å²) in [5.41, 5.74) is 8.47. The molecule has 0 aromatic heterocycles. The Balaban J connectivity index is 1.76. The largest absolute Gasteiger partial charge is 0.491 e. The van der Waals surface area contributed by atoms with E-state index in [9.17, 15) is 18.3 Å². The maximum atomic E-state index is 13.2. The van der Waals surface area contributed by atoms with Crippen LogP contribution in [0.3, 0.4) is 0 Å². The minimum Gasteiger partial charge on any atom is -0.491 e.